The number of carbonyl (C=O) groups excluding carboxylic acids is 1. The number of hydrogen-bond donors (Lipinski definition) is 1. The van der Waals surface area contributed by atoms with E-state index in [9.17, 15) is 4.79 Å². The first kappa shape index (κ1) is 17.5. The summed E-state index contributed by atoms with van der Waals surface area (Å²) in [7, 11) is 0. The lowest BCUT2D eigenvalue weighted by atomic mass is 10.1. The van der Waals surface area contributed by atoms with Crippen molar-refractivity contribution in [3.8, 4) is 0 Å². The van der Waals surface area contributed by atoms with Crippen LogP contribution in [0.1, 0.15) is 15.9 Å². The molecule has 2 aromatic rings. The smallest absolute Gasteiger partial charge is 0.255 e. The van der Waals surface area contributed by atoms with E-state index < -0.39 is 0 Å². The van der Waals surface area contributed by atoms with Crippen LogP contribution in [0.25, 0.3) is 0 Å². The monoisotopic (exact) mass is 404 g/mol. The molecular formula is C19H21BrN2OS. The average molecular weight is 405 g/mol. The van der Waals surface area contributed by atoms with Crippen molar-refractivity contribution in [2.75, 3.05) is 36.5 Å². The number of rotatable bonds is 5. The lowest BCUT2D eigenvalue weighted by Gasteiger charge is -2.26. The first-order valence-electron chi connectivity index (χ1n) is 8.17. The molecule has 1 amide bonds. The Morgan fingerprint density at radius 3 is 2.38 bits per heavy atom. The van der Waals surface area contributed by atoms with Gasteiger partial charge in [0.15, 0.2) is 0 Å². The molecule has 0 radical (unpaired) electrons. The van der Waals surface area contributed by atoms with Gasteiger partial charge in [0.1, 0.15) is 0 Å². The molecule has 1 fully saturated rings. The Bertz CT molecular complexity index is 667. The average Bonchev–Trinajstić information content (AvgIpc) is 2.62. The standard InChI is InChI=1S/C19H21BrN2OS/c20-17-5-3-16(4-6-17)19(23)21-18-7-1-15(2-8-18)9-10-22-11-13-24-14-12-22/h1-8H,9-14H2,(H,21,23). The van der Waals surface area contributed by atoms with Gasteiger partial charge in [-0.3, -0.25) is 4.79 Å². The van der Waals surface area contributed by atoms with Gasteiger partial charge in [-0.05, 0) is 48.4 Å². The second-order valence-corrected chi connectivity index (χ2v) is 8.00. The van der Waals surface area contributed by atoms with Crippen LogP contribution < -0.4 is 5.32 Å². The van der Waals surface area contributed by atoms with E-state index in [2.05, 4.69) is 38.3 Å². The molecule has 0 spiro atoms. The van der Waals surface area contributed by atoms with Crippen LogP contribution in [0.5, 0.6) is 0 Å². The molecule has 0 saturated carbocycles. The number of nitrogens with one attached hydrogen (secondary N) is 1. The molecule has 0 aliphatic carbocycles. The molecular weight excluding hydrogens is 384 g/mol. The minimum Gasteiger partial charge on any atom is -0.322 e. The summed E-state index contributed by atoms with van der Waals surface area (Å²) in [4.78, 5) is 14.7. The Morgan fingerprint density at radius 2 is 1.71 bits per heavy atom. The highest BCUT2D eigenvalue weighted by molar-refractivity contribution is 9.10. The summed E-state index contributed by atoms with van der Waals surface area (Å²) in [6.07, 6.45) is 1.06. The molecule has 3 rings (SSSR count). The number of halogens is 1. The lowest BCUT2D eigenvalue weighted by molar-refractivity contribution is 0.102. The van der Waals surface area contributed by atoms with E-state index >= 15 is 0 Å². The summed E-state index contributed by atoms with van der Waals surface area (Å²) in [6.45, 7) is 3.52. The Morgan fingerprint density at radius 1 is 1.04 bits per heavy atom. The van der Waals surface area contributed by atoms with Crippen molar-refractivity contribution in [1.82, 2.24) is 4.90 Å². The highest BCUT2D eigenvalue weighted by atomic mass is 79.9. The van der Waals surface area contributed by atoms with Crippen molar-refractivity contribution in [3.05, 3.63) is 64.1 Å². The van der Waals surface area contributed by atoms with Crippen molar-refractivity contribution in [2.45, 2.75) is 6.42 Å². The van der Waals surface area contributed by atoms with E-state index in [1.807, 2.05) is 48.2 Å². The third kappa shape index (κ3) is 5.10. The second-order valence-electron chi connectivity index (χ2n) is 5.86. The van der Waals surface area contributed by atoms with E-state index in [0.29, 0.717) is 5.56 Å². The maximum absolute atomic E-state index is 12.2. The Kier molecular flexibility index (Phi) is 6.35. The first-order valence-corrected chi connectivity index (χ1v) is 10.1. The summed E-state index contributed by atoms with van der Waals surface area (Å²) < 4.78 is 0.968. The summed E-state index contributed by atoms with van der Waals surface area (Å²) in [5, 5.41) is 2.94. The first-order chi connectivity index (χ1) is 11.7. The van der Waals surface area contributed by atoms with Crippen LogP contribution in [0.15, 0.2) is 53.0 Å². The fourth-order valence-corrected chi connectivity index (χ4v) is 3.91. The van der Waals surface area contributed by atoms with Gasteiger partial charge in [-0.25, -0.2) is 0 Å². The maximum atomic E-state index is 12.2. The third-order valence-corrected chi connectivity index (χ3v) is 5.61. The van der Waals surface area contributed by atoms with Gasteiger partial charge < -0.3 is 10.2 Å². The van der Waals surface area contributed by atoms with Gasteiger partial charge in [0.25, 0.3) is 5.91 Å². The van der Waals surface area contributed by atoms with Crippen molar-refractivity contribution in [3.63, 3.8) is 0 Å². The molecule has 24 heavy (non-hydrogen) atoms. The summed E-state index contributed by atoms with van der Waals surface area (Å²) in [6, 6.07) is 15.5. The summed E-state index contributed by atoms with van der Waals surface area (Å²) in [5.41, 5.74) is 2.81. The predicted octanol–water partition coefficient (Wildman–Crippen LogP) is 4.29. The van der Waals surface area contributed by atoms with E-state index in [1.54, 1.807) is 0 Å². The fourth-order valence-electron chi connectivity index (χ4n) is 2.67. The summed E-state index contributed by atoms with van der Waals surface area (Å²) in [5.74, 6) is 2.42. The second kappa shape index (κ2) is 8.70. The van der Waals surface area contributed by atoms with Gasteiger partial charge >= 0.3 is 0 Å². The van der Waals surface area contributed by atoms with Crippen LogP contribution in [0.4, 0.5) is 5.69 Å². The van der Waals surface area contributed by atoms with E-state index in [0.717, 1.165) is 23.1 Å². The van der Waals surface area contributed by atoms with Crippen molar-refractivity contribution < 1.29 is 4.79 Å². The minimum atomic E-state index is -0.0823. The Balaban J connectivity index is 1.52. The molecule has 1 N–H and O–H groups in total. The molecule has 3 nitrogen and oxygen atoms in total. The predicted molar refractivity (Wildman–Crippen MR) is 106 cm³/mol. The number of benzene rings is 2. The largest absolute Gasteiger partial charge is 0.322 e. The van der Waals surface area contributed by atoms with Crippen molar-refractivity contribution in [1.29, 1.82) is 0 Å². The molecule has 1 saturated heterocycles. The number of anilines is 1. The lowest BCUT2D eigenvalue weighted by Crippen LogP contribution is -2.34. The van der Waals surface area contributed by atoms with Crippen LogP contribution in [-0.4, -0.2) is 41.9 Å². The number of amides is 1. The molecule has 0 unspecified atom stereocenters. The van der Waals surface area contributed by atoms with Crippen molar-refractivity contribution >= 4 is 39.3 Å². The Labute approximate surface area is 155 Å². The van der Waals surface area contributed by atoms with Gasteiger partial charge in [-0.15, -0.1) is 0 Å². The van der Waals surface area contributed by atoms with Crippen LogP contribution in [-0.2, 0) is 6.42 Å². The minimum absolute atomic E-state index is 0.0823. The SMILES string of the molecule is O=C(Nc1ccc(CCN2CCSCC2)cc1)c1ccc(Br)cc1. The molecule has 0 aromatic heterocycles. The molecule has 126 valence electrons. The van der Waals surface area contributed by atoms with E-state index in [-0.39, 0.29) is 5.91 Å². The molecule has 5 heteroatoms. The van der Waals surface area contributed by atoms with Gasteiger partial charge in [0.2, 0.25) is 0 Å². The molecule has 0 atom stereocenters. The summed E-state index contributed by atoms with van der Waals surface area (Å²) >= 11 is 5.42. The molecule has 2 aromatic carbocycles. The fraction of sp³-hybridized carbons (Fsp3) is 0.316. The zero-order valence-corrected chi connectivity index (χ0v) is 15.9. The van der Waals surface area contributed by atoms with Gasteiger partial charge in [0, 0.05) is 46.9 Å². The normalized spacial score (nSPS) is 15.2. The van der Waals surface area contributed by atoms with Crippen molar-refractivity contribution in [2.24, 2.45) is 0 Å². The zero-order valence-electron chi connectivity index (χ0n) is 13.5. The molecule has 1 heterocycles. The third-order valence-electron chi connectivity index (χ3n) is 4.14. The van der Waals surface area contributed by atoms with E-state index in [1.165, 1.54) is 30.2 Å². The molecule has 1 aliphatic rings. The van der Waals surface area contributed by atoms with Crippen LogP contribution in [0, 0.1) is 0 Å². The highest BCUT2D eigenvalue weighted by Gasteiger charge is 2.10. The van der Waals surface area contributed by atoms with Crippen LogP contribution in [0.2, 0.25) is 0 Å². The van der Waals surface area contributed by atoms with E-state index in [4.69, 9.17) is 0 Å². The Hall–Kier alpha value is -1.30. The zero-order chi connectivity index (χ0) is 16.8. The number of hydrogen-bond acceptors (Lipinski definition) is 3. The number of thioether (sulfide) groups is 1. The van der Waals surface area contributed by atoms with Crippen LogP contribution in [0.3, 0.4) is 0 Å². The molecule has 1 aliphatic heterocycles. The van der Waals surface area contributed by atoms with Gasteiger partial charge in [0.05, 0.1) is 0 Å². The quantitative estimate of drug-likeness (QED) is 0.806. The van der Waals surface area contributed by atoms with Crippen LogP contribution >= 0.6 is 27.7 Å². The molecule has 0 bridgehead atoms. The number of carbonyl (C=O) groups is 1. The highest BCUT2D eigenvalue weighted by Crippen LogP contribution is 2.15. The van der Waals surface area contributed by atoms with Gasteiger partial charge in [-0.2, -0.15) is 11.8 Å². The number of nitrogens with zero attached hydrogens (tertiary/aromatic N) is 1. The van der Waals surface area contributed by atoms with Gasteiger partial charge in [-0.1, -0.05) is 28.1 Å². The topological polar surface area (TPSA) is 32.3 Å². The maximum Gasteiger partial charge on any atom is 0.255 e.